The van der Waals surface area contributed by atoms with Crippen molar-refractivity contribution in [2.24, 2.45) is 0 Å². The molecule has 156 valence electrons. The first-order chi connectivity index (χ1) is 15.7. The molecule has 0 aliphatic carbocycles. The third-order valence-electron chi connectivity index (χ3n) is 4.43. The van der Waals surface area contributed by atoms with Gasteiger partial charge in [0.25, 0.3) is 0 Å². The molecule has 0 atom stereocenters. The predicted octanol–water partition coefficient (Wildman–Crippen LogP) is 4.15. The molecule has 10 heteroatoms. The maximum absolute atomic E-state index is 11.5. The number of furan rings is 1. The second-order valence-corrected chi connectivity index (χ2v) is 7.34. The zero-order valence-electron chi connectivity index (χ0n) is 16.2. The van der Waals surface area contributed by atoms with Gasteiger partial charge in [0.05, 0.1) is 6.26 Å². The summed E-state index contributed by atoms with van der Waals surface area (Å²) in [7, 11) is 0. The van der Waals surface area contributed by atoms with Crippen molar-refractivity contribution in [2.45, 2.75) is 0 Å². The zero-order chi connectivity index (χ0) is 21.9. The topological polar surface area (TPSA) is 125 Å². The van der Waals surface area contributed by atoms with Crippen LogP contribution < -0.4 is 11.3 Å². The molecule has 32 heavy (non-hydrogen) atoms. The second-order valence-electron chi connectivity index (χ2n) is 6.40. The first kappa shape index (κ1) is 19.5. The fraction of sp³-hybridized carbons (Fsp3) is 0. The van der Waals surface area contributed by atoms with Crippen molar-refractivity contribution in [3.05, 3.63) is 93.9 Å². The van der Waals surface area contributed by atoms with Crippen LogP contribution in [0.3, 0.4) is 0 Å². The molecule has 0 fully saturated rings. The lowest BCUT2D eigenvalue weighted by atomic mass is 10.2. The number of hydrogen-bond acceptors (Lipinski definition) is 10. The van der Waals surface area contributed by atoms with Crippen LogP contribution in [-0.4, -0.2) is 19.9 Å². The van der Waals surface area contributed by atoms with Crippen molar-refractivity contribution in [3.8, 4) is 21.9 Å². The number of aromatic nitrogens is 4. The van der Waals surface area contributed by atoms with Gasteiger partial charge < -0.3 is 13.3 Å². The third-order valence-corrected chi connectivity index (χ3v) is 5.35. The normalized spacial score (nSPS) is 10.8. The summed E-state index contributed by atoms with van der Waals surface area (Å²) in [5.41, 5.74) is 1.46. The van der Waals surface area contributed by atoms with Crippen LogP contribution in [0.25, 0.3) is 44.0 Å². The summed E-state index contributed by atoms with van der Waals surface area (Å²) >= 11 is 1.60. The van der Waals surface area contributed by atoms with Crippen molar-refractivity contribution >= 4 is 33.4 Å². The lowest BCUT2D eigenvalue weighted by Crippen LogP contribution is -2.01. The Morgan fingerprint density at radius 2 is 1.59 bits per heavy atom. The molecule has 0 bridgehead atoms. The molecular formula is C22H12N4O5S. The average Bonchev–Trinajstić information content (AvgIpc) is 3.54. The van der Waals surface area contributed by atoms with Crippen LogP contribution in [-0.2, 0) is 0 Å². The van der Waals surface area contributed by atoms with Crippen LogP contribution in [0.1, 0.15) is 0 Å². The van der Waals surface area contributed by atoms with Crippen molar-refractivity contribution in [1.82, 2.24) is 19.9 Å². The van der Waals surface area contributed by atoms with Gasteiger partial charge in [0.1, 0.15) is 16.5 Å². The highest BCUT2D eigenvalue weighted by atomic mass is 32.1. The highest BCUT2D eigenvalue weighted by Crippen LogP contribution is 2.25. The largest absolute Gasteiger partial charge is 0.463 e. The van der Waals surface area contributed by atoms with Crippen molar-refractivity contribution in [1.29, 1.82) is 0 Å². The minimum absolute atomic E-state index is 0.352. The summed E-state index contributed by atoms with van der Waals surface area (Å²) in [5, 5.41) is 2.75. The Hall–Kier alpha value is -4.44. The molecule has 0 amide bonds. The molecule has 6 aromatic rings. The Bertz CT molecular complexity index is 1620. The average molecular weight is 444 g/mol. The fourth-order valence-corrected chi connectivity index (χ4v) is 3.64. The van der Waals surface area contributed by atoms with Crippen LogP contribution >= 0.6 is 11.3 Å². The SMILES string of the molecule is O=c1ocnc2nc(-c3ccco3)ccc12.O=c1ocnc2ncc(-c3cccs3)cc12. The molecule has 6 aromatic heterocycles. The Morgan fingerprint density at radius 3 is 2.34 bits per heavy atom. The van der Waals surface area contributed by atoms with Crippen LogP contribution in [0, 0.1) is 0 Å². The molecule has 0 saturated carbocycles. The lowest BCUT2D eigenvalue weighted by Gasteiger charge is -1.98. The van der Waals surface area contributed by atoms with E-state index in [0.717, 1.165) is 23.2 Å². The van der Waals surface area contributed by atoms with Gasteiger partial charge in [-0.1, -0.05) is 6.07 Å². The van der Waals surface area contributed by atoms with E-state index in [2.05, 4.69) is 24.4 Å². The molecular weight excluding hydrogens is 432 g/mol. The fourth-order valence-electron chi connectivity index (χ4n) is 2.93. The number of fused-ring (bicyclic) bond motifs is 2. The summed E-state index contributed by atoms with van der Waals surface area (Å²) in [6, 6.07) is 12.6. The molecule has 0 aliphatic heterocycles. The summed E-state index contributed by atoms with van der Waals surface area (Å²) in [5.74, 6) is 0.636. The molecule has 0 unspecified atom stereocenters. The minimum atomic E-state index is -0.441. The highest BCUT2D eigenvalue weighted by Gasteiger charge is 2.07. The van der Waals surface area contributed by atoms with E-state index in [-0.39, 0.29) is 0 Å². The van der Waals surface area contributed by atoms with Gasteiger partial charge in [0.2, 0.25) is 0 Å². The van der Waals surface area contributed by atoms with Gasteiger partial charge in [-0.05, 0) is 41.8 Å². The number of rotatable bonds is 2. The molecule has 0 aliphatic rings. The Labute approximate surface area is 182 Å². The van der Waals surface area contributed by atoms with E-state index < -0.39 is 11.3 Å². The second kappa shape index (κ2) is 8.36. The molecule has 0 N–H and O–H groups in total. The van der Waals surface area contributed by atoms with Crippen LogP contribution in [0.4, 0.5) is 0 Å². The number of thiophene rings is 1. The minimum Gasteiger partial charge on any atom is -0.463 e. The Morgan fingerprint density at radius 1 is 0.781 bits per heavy atom. The van der Waals surface area contributed by atoms with Gasteiger partial charge in [0, 0.05) is 16.6 Å². The summed E-state index contributed by atoms with van der Waals surface area (Å²) in [4.78, 5) is 40.0. The van der Waals surface area contributed by atoms with E-state index in [1.165, 1.54) is 0 Å². The molecule has 0 spiro atoms. The summed E-state index contributed by atoms with van der Waals surface area (Å²) < 4.78 is 14.6. The van der Waals surface area contributed by atoms with Gasteiger partial charge in [-0.15, -0.1) is 11.3 Å². The van der Waals surface area contributed by atoms with Gasteiger partial charge in [-0.3, -0.25) is 0 Å². The molecule has 0 aromatic carbocycles. The molecule has 0 saturated heterocycles. The number of hydrogen-bond donors (Lipinski definition) is 0. The van der Waals surface area contributed by atoms with Gasteiger partial charge in [-0.2, -0.15) is 9.97 Å². The highest BCUT2D eigenvalue weighted by molar-refractivity contribution is 7.13. The molecule has 9 nitrogen and oxygen atoms in total. The van der Waals surface area contributed by atoms with Crippen molar-refractivity contribution in [3.63, 3.8) is 0 Å². The molecule has 0 radical (unpaired) electrons. The molecule has 6 heterocycles. The van der Waals surface area contributed by atoms with Crippen LogP contribution in [0.15, 0.2) is 95.9 Å². The van der Waals surface area contributed by atoms with E-state index in [9.17, 15) is 9.59 Å². The van der Waals surface area contributed by atoms with Crippen LogP contribution in [0.2, 0.25) is 0 Å². The standard InChI is InChI=1S/C11H6N2O3.C11H6N2O2S/c14-11-7-3-4-8(9-2-1-5-15-9)13-10(7)12-6-16-11;14-11-8-4-7(9-2-1-3-16-9)5-12-10(8)13-6-15-11/h2*1-6H. The van der Waals surface area contributed by atoms with Crippen molar-refractivity contribution in [2.75, 3.05) is 0 Å². The summed E-state index contributed by atoms with van der Waals surface area (Å²) in [6.07, 6.45) is 5.47. The molecule has 6 rings (SSSR count). The van der Waals surface area contributed by atoms with Gasteiger partial charge in [-0.25, -0.2) is 19.6 Å². The zero-order valence-corrected chi connectivity index (χ0v) is 17.0. The van der Waals surface area contributed by atoms with E-state index in [1.807, 2.05) is 17.5 Å². The first-order valence-electron chi connectivity index (χ1n) is 9.25. The van der Waals surface area contributed by atoms with Gasteiger partial charge >= 0.3 is 11.3 Å². The monoisotopic (exact) mass is 444 g/mol. The van der Waals surface area contributed by atoms with Crippen molar-refractivity contribution < 1.29 is 13.3 Å². The van der Waals surface area contributed by atoms with Gasteiger partial charge in [0.15, 0.2) is 29.8 Å². The number of nitrogens with zero attached hydrogens (tertiary/aromatic N) is 4. The maximum Gasteiger partial charge on any atom is 0.348 e. The maximum atomic E-state index is 11.5. The van der Waals surface area contributed by atoms with Crippen LogP contribution in [0.5, 0.6) is 0 Å². The lowest BCUT2D eigenvalue weighted by molar-refractivity contribution is 0.500. The quantitative estimate of drug-likeness (QED) is 0.387. The summed E-state index contributed by atoms with van der Waals surface area (Å²) in [6.45, 7) is 0. The number of pyridine rings is 2. The van der Waals surface area contributed by atoms with E-state index >= 15 is 0 Å². The first-order valence-corrected chi connectivity index (χ1v) is 10.1. The van der Waals surface area contributed by atoms with E-state index in [4.69, 9.17) is 8.83 Å². The van der Waals surface area contributed by atoms with E-state index in [1.54, 1.807) is 54.1 Å². The third kappa shape index (κ3) is 3.82. The van der Waals surface area contributed by atoms with E-state index in [0.29, 0.717) is 33.5 Å². The predicted molar refractivity (Wildman–Crippen MR) is 117 cm³/mol. The smallest absolute Gasteiger partial charge is 0.348 e. The Kier molecular flexibility index (Phi) is 5.10. The Balaban J connectivity index is 0.000000135.